The van der Waals surface area contributed by atoms with E-state index in [1.807, 2.05) is 30.3 Å². The van der Waals surface area contributed by atoms with Gasteiger partial charge in [0.05, 0.1) is 30.6 Å². The van der Waals surface area contributed by atoms with Gasteiger partial charge in [0.1, 0.15) is 11.8 Å². The van der Waals surface area contributed by atoms with E-state index in [-0.39, 0.29) is 18.3 Å². The minimum Gasteiger partial charge on any atom is -0.390 e. The van der Waals surface area contributed by atoms with E-state index in [1.165, 1.54) is 18.1 Å². The SMILES string of the molecule is CNC(=O)C1CC(n2cnc3c(NC)nc(-n4cc(-c5ccccc5)nn4)nc32)C(O)C1O. The summed E-state index contributed by atoms with van der Waals surface area (Å²) in [5, 5.41) is 35.1. The number of benzene rings is 1. The molecule has 12 heteroatoms. The molecule has 0 saturated heterocycles. The van der Waals surface area contributed by atoms with E-state index in [9.17, 15) is 15.0 Å². The molecule has 4 aromatic rings. The average Bonchev–Trinajstić information content (AvgIpc) is 3.57. The maximum Gasteiger partial charge on any atom is 0.256 e. The maximum atomic E-state index is 12.1. The summed E-state index contributed by atoms with van der Waals surface area (Å²) < 4.78 is 3.14. The monoisotopic (exact) mass is 449 g/mol. The second-order valence-corrected chi connectivity index (χ2v) is 7.87. The Labute approximate surface area is 188 Å². The molecule has 4 unspecified atom stereocenters. The van der Waals surface area contributed by atoms with Crippen molar-refractivity contribution in [2.24, 2.45) is 5.92 Å². The van der Waals surface area contributed by atoms with Crippen LogP contribution in [-0.4, -0.2) is 76.9 Å². The third-order valence-corrected chi connectivity index (χ3v) is 6.01. The molecule has 0 aliphatic heterocycles. The number of aromatic nitrogens is 7. The highest BCUT2D eigenvalue weighted by molar-refractivity contribution is 5.84. The maximum absolute atomic E-state index is 12.1. The van der Waals surface area contributed by atoms with Crippen molar-refractivity contribution in [1.29, 1.82) is 0 Å². The quantitative estimate of drug-likeness (QED) is 0.333. The number of carbonyl (C=O) groups is 1. The molecule has 1 aliphatic rings. The molecule has 170 valence electrons. The van der Waals surface area contributed by atoms with E-state index < -0.39 is 24.2 Å². The number of imidazole rings is 1. The van der Waals surface area contributed by atoms with Gasteiger partial charge in [0.15, 0.2) is 17.0 Å². The normalized spacial score (nSPS) is 22.5. The summed E-state index contributed by atoms with van der Waals surface area (Å²) in [5.74, 6) is -0.322. The first-order chi connectivity index (χ1) is 16.0. The van der Waals surface area contributed by atoms with Crippen molar-refractivity contribution < 1.29 is 15.0 Å². The van der Waals surface area contributed by atoms with Crippen LogP contribution in [0.2, 0.25) is 0 Å². The first kappa shape index (κ1) is 21.0. The van der Waals surface area contributed by atoms with Crippen LogP contribution in [0.4, 0.5) is 5.82 Å². The molecule has 0 bridgehead atoms. The molecule has 5 rings (SSSR count). The molecule has 1 saturated carbocycles. The lowest BCUT2D eigenvalue weighted by molar-refractivity contribution is -0.128. The summed E-state index contributed by atoms with van der Waals surface area (Å²) in [6, 6.07) is 9.04. The van der Waals surface area contributed by atoms with Crippen LogP contribution in [0.3, 0.4) is 0 Å². The summed E-state index contributed by atoms with van der Waals surface area (Å²) >= 11 is 0. The number of nitrogens with one attached hydrogen (secondary N) is 2. The Morgan fingerprint density at radius 3 is 2.64 bits per heavy atom. The van der Waals surface area contributed by atoms with Crippen molar-refractivity contribution >= 4 is 22.9 Å². The fourth-order valence-corrected chi connectivity index (χ4v) is 4.26. The highest BCUT2D eigenvalue weighted by Crippen LogP contribution is 2.37. The van der Waals surface area contributed by atoms with Crippen molar-refractivity contribution in [3.8, 4) is 17.2 Å². The molecule has 0 radical (unpaired) electrons. The molecule has 1 fully saturated rings. The minimum atomic E-state index is -1.19. The number of anilines is 1. The van der Waals surface area contributed by atoms with E-state index in [0.29, 0.717) is 22.7 Å². The minimum absolute atomic E-state index is 0.239. The first-order valence-corrected chi connectivity index (χ1v) is 10.5. The topological polar surface area (TPSA) is 156 Å². The van der Waals surface area contributed by atoms with Crippen LogP contribution in [0.25, 0.3) is 28.4 Å². The van der Waals surface area contributed by atoms with Gasteiger partial charge in [-0.25, -0.2) is 4.98 Å². The smallest absolute Gasteiger partial charge is 0.256 e. The Balaban J connectivity index is 1.57. The van der Waals surface area contributed by atoms with Crippen molar-refractivity contribution in [2.75, 3.05) is 19.4 Å². The number of amides is 1. The molecule has 1 aliphatic carbocycles. The van der Waals surface area contributed by atoms with Crippen molar-refractivity contribution in [2.45, 2.75) is 24.7 Å². The van der Waals surface area contributed by atoms with Gasteiger partial charge in [-0.1, -0.05) is 35.5 Å². The predicted octanol–water partition coefficient (Wildman–Crippen LogP) is 0.144. The Morgan fingerprint density at radius 1 is 1.12 bits per heavy atom. The van der Waals surface area contributed by atoms with Gasteiger partial charge >= 0.3 is 0 Å². The van der Waals surface area contributed by atoms with Gasteiger partial charge in [-0.05, 0) is 6.42 Å². The number of hydrogen-bond acceptors (Lipinski definition) is 9. The molecule has 0 spiro atoms. The standard InChI is InChI=1S/C21H23N9O3/c1-22-18-15-19(29(10-24-15)14-8-12(20(33)23-2)16(31)17(14)32)26-21(25-18)30-9-13(27-28-30)11-6-4-3-5-7-11/h3-7,9-10,12,14,16-17,31-32H,8H2,1-2H3,(H,23,33)(H,22,25,26). The van der Waals surface area contributed by atoms with Gasteiger partial charge in [-0.3, -0.25) is 4.79 Å². The Kier molecular flexibility index (Phi) is 5.23. The zero-order valence-corrected chi connectivity index (χ0v) is 18.0. The fourth-order valence-electron chi connectivity index (χ4n) is 4.26. The fraction of sp³-hybridized carbons (Fsp3) is 0.333. The van der Waals surface area contributed by atoms with Gasteiger partial charge in [0.25, 0.3) is 5.95 Å². The zero-order chi connectivity index (χ0) is 23.1. The van der Waals surface area contributed by atoms with Gasteiger partial charge in [0, 0.05) is 19.7 Å². The zero-order valence-electron chi connectivity index (χ0n) is 18.0. The highest BCUT2D eigenvalue weighted by atomic mass is 16.3. The van der Waals surface area contributed by atoms with Crippen LogP contribution in [0.15, 0.2) is 42.9 Å². The molecule has 1 amide bonds. The van der Waals surface area contributed by atoms with Gasteiger partial charge < -0.3 is 25.4 Å². The van der Waals surface area contributed by atoms with Crippen molar-refractivity contribution in [3.63, 3.8) is 0 Å². The molecule has 3 heterocycles. The van der Waals surface area contributed by atoms with Gasteiger partial charge in [-0.15, -0.1) is 5.10 Å². The molecular weight excluding hydrogens is 426 g/mol. The van der Waals surface area contributed by atoms with Gasteiger partial charge in [0.2, 0.25) is 5.91 Å². The molecule has 33 heavy (non-hydrogen) atoms. The molecule has 1 aromatic carbocycles. The summed E-state index contributed by atoms with van der Waals surface area (Å²) in [6.45, 7) is 0. The number of carbonyl (C=O) groups excluding carboxylic acids is 1. The Hall–Kier alpha value is -3.90. The van der Waals surface area contributed by atoms with E-state index in [4.69, 9.17) is 0 Å². The summed E-state index contributed by atoms with van der Waals surface area (Å²) in [6.07, 6.45) is 1.15. The van der Waals surface area contributed by atoms with Crippen LogP contribution in [0.1, 0.15) is 12.5 Å². The van der Waals surface area contributed by atoms with Crippen molar-refractivity contribution in [1.82, 2.24) is 39.8 Å². The average molecular weight is 449 g/mol. The third kappa shape index (κ3) is 3.49. The van der Waals surface area contributed by atoms with Crippen LogP contribution in [-0.2, 0) is 4.79 Å². The van der Waals surface area contributed by atoms with Gasteiger partial charge in [-0.2, -0.15) is 14.6 Å². The number of fused-ring (bicyclic) bond motifs is 1. The lowest BCUT2D eigenvalue weighted by Gasteiger charge is -2.18. The third-order valence-electron chi connectivity index (χ3n) is 6.01. The number of aliphatic hydroxyl groups excluding tert-OH is 2. The van der Waals surface area contributed by atoms with Crippen LogP contribution in [0.5, 0.6) is 0 Å². The van der Waals surface area contributed by atoms with Crippen LogP contribution in [0, 0.1) is 5.92 Å². The largest absolute Gasteiger partial charge is 0.390 e. The lowest BCUT2D eigenvalue weighted by Crippen LogP contribution is -2.36. The number of nitrogens with zero attached hydrogens (tertiary/aromatic N) is 7. The van der Waals surface area contributed by atoms with E-state index >= 15 is 0 Å². The number of aliphatic hydroxyl groups is 2. The highest BCUT2D eigenvalue weighted by Gasteiger charge is 2.46. The molecule has 12 nitrogen and oxygen atoms in total. The van der Waals surface area contributed by atoms with Crippen LogP contribution >= 0.6 is 0 Å². The second-order valence-electron chi connectivity index (χ2n) is 7.87. The van der Waals surface area contributed by atoms with Crippen molar-refractivity contribution in [3.05, 3.63) is 42.9 Å². The van der Waals surface area contributed by atoms with Crippen LogP contribution < -0.4 is 10.6 Å². The molecular formula is C21H23N9O3. The summed E-state index contributed by atoms with van der Waals surface area (Å²) in [4.78, 5) is 25.7. The lowest BCUT2D eigenvalue weighted by atomic mass is 10.1. The van der Waals surface area contributed by atoms with E-state index in [1.54, 1.807) is 17.8 Å². The predicted molar refractivity (Wildman–Crippen MR) is 118 cm³/mol. The Bertz CT molecular complexity index is 1300. The second kappa shape index (κ2) is 8.22. The molecule has 4 N–H and O–H groups in total. The van der Waals surface area contributed by atoms with E-state index in [0.717, 1.165) is 5.56 Å². The number of hydrogen-bond donors (Lipinski definition) is 4. The number of rotatable bonds is 5. The molecule has 4 atom stereocenters. The summed E-state index contributed by atoms with van der Waals surface area (Å²) in [7, 11) is 3.22. The summed E-state index contributed by atoms with van der Waals surface area (Å²) in [5.41, 5.74) is 2.51. The molecule has 3 aromatic heterocycles. The Morgan fingerprint density at radius 2 is 1.91 bits per heavy atom. The first-order valence-electron chi connectivity index (χ1n) is 10.5. The van der Waals surface area contributed by atoms with E-state index in [2.05, 4.69) is 35.9 Å².